The molecule has 0 bridgehead atoms. The predicted octanol–water partition coefficient (Wildman–Crippen LogP) is 3.33. The zero-order valence-electron chi connectivity index (χ0n) is 8.79. The lowest BCUT2D eigenvalue weighted by Gasteiger charge is -2.10. The van der Waals surface area contributed by atoms with Gasteiger partial charge in [0.05, 0.1) is 0 Å². The van der Waals surface area contributed by atoms with E-state index in [0.717, 1.165) is 11.1 Å². The molecule has 1 unspecified atom stereocenters. The summed E-state index contributed by atoms with van der Waals surface area (Å²) >= 11 is 0. The van der Waals surface area contributed by atoms with E-state index < -0.39 is 0 Å². The molecule has 1 nitrogen and oxygen atoms in total. The lowest BCUT2D eigenvalue weighted by Crippen LogP contribution is -2.08. The van der Waals surface area contributed by atoms with Crippen LogP contribution in [0.2, 0.25) is 0 Å². The van der Waals surface area contributed by atoms with E-state index in [1.54, 1.807) is 0 Å². The van der Waals surface area contributed by atoms with Crippen LogP contribution in [0, 0.1) is 0 Å². The molecule has 0 aliphatic rings. The predicted molar refractivity (Wildman–Crippen MR) is 59.3 cm³/mol. The SMILES string of the molecule is C=C(C)CC(=O)C(C)c1ccccc1. The average molecular weight is 188 g/mol. The smallest absolute Gasteiger partial charge is 0.144 e. The third-order valence-electron chi connectivity index (χ3n) is 2.26. The van der Waals surface area contributed by atoms with E-state index in [1.807, 2.05) is 44.2 Å². The number of carbonyl (C=O) groups excluding carboxylic acids is 1. The van der Waals surface area contributed by atoms with Gasteiger partial charge in [-0.15, -0.1) is 0 Å². The molecule has 0 heterocycles. The minimum atomic E-state index is -0.0205. The second-order valence-corrected chi connectivity index (χ2v) is 3.73. The zero-order valence-corrected chi connectivity index (χ0v) is 8.79. The molecule has 0 N–H and O–H groups in total. The van der Waals surface area contributed by atoms with Crippen molar-refractivity contribution in [2.24, 2.45) is 0 Å². The third kappa shape index (κ3) is 2.84. The Morgan fingerprint density at radius 1 is 1.36 bits per heavy atom. The van der Waals surface area contributed by atoms with Gasteiger partial charge >= 0.3 is 0 Å². The summed E-state index contributed by atoms with van der Waals surface area (Å²) in [6, 6.07) is 9.85. The lowest BCUT2D eigenvalue weighted by atomic mass is 9.93. The average Bonchev–Trinajstić information content (AvgIpc) is 2.17. The highest BCUT2D eigenvalue weighted by atomic mass is 16.1. The van der Waals surface area contributed by atoms with Crippen LogP contribution in [0.15, 0.2) is 42.5 Å². The van der Waals surface area contributed by atoms with Crippen molar-refractivity contribution in [1.82, 2.24) is 0 Å². The van der Waals surface area contributed by atoms with E-state index in [1.165, 1.54) is 0 Å². The fourth-order valence-corrected chi connectivity index (χ4v) is 1.38. The molecule has 0 saturated heterocycles. The van der Waals surface area contributed by atoms with Crippen LogP contribution >= 0.6 is 0 Å². The van der Waals surface area contributed by atoms with Crippen LogP contribution in [0.1, 0.15) is 31.7 Å². The van der Waals surface area contributed by atoms with Gasteiger partial charge in [-0.1, -0.05) is 49.4 Å². The molecule has 0 aliphatic carbocycles. The summed E-state index contributed by atoms with van der Waals surface area (Å²) in [6.45, 7) is 7.58. The Morgan fingerprint density at radius 2 is 1.93 bits per heavy atom. The van der Waals surface area contributed by atoms with Gasteiger partial charge in [0.25, 0.3) is 0 Å². The van der Waals surface area contributed by atoms with E-state index in [2.05, 4.69) is 6.58 Å². The minimum absolute atomic E-state index is 0.0205. The highest BCUT2D eigenvalue weighted by Gasteiger charge is 2.14. The van der Waals surface area contributed by atoms with Crippen LogP contribution in [0.25, 0.3) is 0 Å². The van der Waals surface area contributed by atoms with Crippen molar-refractivity contribution in [3.63, 3.8) is 0 Å². The van der Waals surface area contributed by atoms with E-state index in [4.69, 9.17) is 0 Å². The Kier molecular flexibility index (Phi) is 3.63. The first-order valence-corrected chi connectivity index (χ1v) is 4.83. The van der Waals surface area contributed by atoms with Gasteiger partial charge < -0.3 is 0 Å². The van der Waals surface area contributed by atoms with E-state index in [9.17, 15) is 4.79 Å². The molecular weight excluding hydrogens is 172 g/mol. The van der Waals surface area contributed by atoms with Crippen molar-refractivity contribution >= 4 is 5.78 Å². The van der Waals surface area contributed by atoms with Gasteiger partial charge in [-0.05, 0) is 12.5 Å². The molecule has 74 valence electrons. The van der Waals surface area contributed by atoms with Crippen molar-refractivity contribution in [2.75, 3.05) is 0 Å². The molecule has 14 heavy (non-hydrogen) atoms. The number of rotatable bonds is 4. The van der Waals surface area contributed by atoms with Crippen molar-refractivity contribution < 1.29 is 4.79 Å². The van der Waals surface area contributed by atoms with Crippen molar-refractivity contribution in [2.45, 2.75) is 26.2 Å². The Labute approximate surface area is 85.5 Å². The number of Topliss-reactive ketones (excluding diaryl/α,β-unsaturated/α-hetero) is 1. The Balaban J connectivity index is 2.71. The van der Waals surface area contributed by atoms with Gasteiger partial charge in [0.2, 0.25) is 0 Å². The molecule has 1 atom stereocenters. The zero-order chi connectivity index (χ0) is 10.6. The first-order valence-electron chi connectivity index (χ1n) is 4.83. The standard InChI is InChI=1S/C13H16O/c1-10(2)9-13(14)11(3)12-7-5-4-6-8-12/h4-8,11H,1,9H2,2-3H3. The van der Waals surface area contributed by atoms with Gasteiger partial charge in [-0.3, -0.25) is 4.79 Å². The lowest BCUT2D eigenvalue weighted by molar-refractivity contribution is -0.119. The van der Waals surface area contributed by atoms with Gasteiger partial charge in [-0.2, -0.15) is 0 Å². The number of benzene rings is 1. The highest BCUT2D eigenvalue weighted by molar-refractivity contribution is 5.87. The molecular formula is C13H16O. The fourth-order valence-electron chi connectivity index (χ4n) is 1.38. The van der Waals surface area contributed by atoms with Crippen molar-refractivity contribution in [1.29, 1.82) is 0 Å². The monoisotopic (exact) mass is 188 g/mol. The summed E-state index contributed by atoms with van der Waals surface area (Å²) in [7, 11) is 0. The first kappa shape index (κ1) is 10.7. The van der Waals surface area contributed by atoms with E-state index >= 15 is 0 Å². The number of ketones is 1. The molecule has 0 radical (unpaired) electrons. The maximum Gasteiger partial charge on any atom is 0.144 e. The molecule has 1 rings (SSSR count). The summed E-state index contributed by atoms with van der Waals surface area (Å²) in [5.41, 5.74) is 2.01. The molecule has 0 aromatic heterocycles. The molecule has 0 amide bonds. The molecule has 0 spiro atoms. The third-order valence-corrected chi connectivity index (χ3v) is 2.26. The summed E-state index contributed by atoms with van der Waals surface area (Å²) in [5.74, 6) is 0.219. The number of hydrogen-bond donors (Lipinski definition) is 0. The minimum Gasteiger partial charge on any atom is -0.299 e. The second-order valence-electron chi connectivity index (χ2n) is 3.73. The van der Waals surface area contributed by atoms with Crippen LogP contribution < -0.4 is 0 Å². The van der Waals surface area contributed by atoms with Gasteiger partial charge in [0.1, 0.15) is 5.78 Å². The number of allylic oxidation sites excluding steroid dienone is 1. The molecule has 1 heteroatoms. The largest absolute Gasteiger partial charge is 0.299 e. The van der Waals surface area contributed by atoms with Crippen LogP contribution in [0.5, 0.6) is 0 Å². The Bertz CT molecular complexity index is 324. The second kappa shape index (κ2) is 4.75. The maximum atomic E-state index is 11.7. The van der Waals surface area contributed by atoms with Gasteiger partial charge in [0, 0.05) is 12.3 Å². The molecule has 0 aliphatic heterocycles. The van der Waals surface area contributed by atoms with Crippen LogP contribution in [-0.2, 0) is 4.79 Å². The van der Waals surface area contributed by atoms with Crippen LogP contribution in [-0.4, -0.2) is 5.78 Å². The Morgan fingerprint density at radius 3 is 2.43 bits per heavy atom. The normalized spacial score (nSPS) is 12.1. The van der Waals surface area contributed by atoms with Crippen LogP contribution in [0.3, 0.4) is 0 Å². The van der Waals surface area contributed by atoms with E-state index in [0.29, 0.717) is 6.42 Å². The molecule has 0 fully saturated rings. The summed E-state index contributed by atoms with van der Waals surface area (Å²) in [6.07, 6.45) is 0.482. The van der Waals surface area contributed by atoms with Crippen molar-refractivity contribution in [3.8, 4) is 0 Å². The quantitative estimate of drug-likeness (QED) is 0.662. The fraction of sp³-hybridized carbons (Fsp3) is 0.308. The maximum absolute atomic E-state index is 11.7. The first-order chi connectivity index (χ1) is 6.61. The molecule has 0 saturated carbocycles. The molecule has 1 aromatic rings. The van der Waals surface area contributed by atoms with Gasteiger partial charge in [0.15, 0.2) is 0 Å². The molecule has 1 aromatic carbocycles. The van der Waals surface area contributed by atoms with Crippen molar-refractivity contribution in [3.05, 3.63) is 48.0 Å². The summed E-state index contributed by atoms with van der Waals surface area (Å²) in [5, 5.41) is 0. The number of carbonyl (C=O) groups is 1. The summed E-state index contributed by atoms with van der Waals surface area (Å²) < 4.78 is 0. The highest BCUT2D eigenvalue weighted by Crippen LogP contribution is 2.18. The van der Waals surface area contributed by atoms with E-state index in [-0.39, 0.29) is 11.7 Å². The Hall–Kier alpha value is -1.37. The van der Waals surface area contributed by atoms with Crippen LogP contribution in [0.4, 0.5) is 0 Å². The topological polar surface area (TPSA) is 17.1 Å². The van der Waals surface area contributed by atoms with Gasteiger partial charge in [-0.25, -0.2) is 0 Å². The number of hydrogen-bond acceptors (Lipinski definition) is 1. The summed E-state index contributed by atoms with van der Waals surface area (Å²) in [4.78, 5) is 11.7.